The summed E-state index contributed by atoms with van der Waals surface area (Å²) < 4.78 is 10.6. The van der Waals surface area contributed by atoms with Gasteiger partial charge in [0.05, 0.1) is 11.3 Å². The third kappa shape index (κ3) is 4.80. The van der Waals surface area contributed by atoms with Crippen LogP contribution in [0.3, 0.4) is 0 Å². The standard InChI is InChI=1S/C20H19ClN2O5/c21-14-6-7-16(17(10-14)23-8-2-5-19(23)25)20(26)28-11-13-3-1-4-15(9-13)27-12-18(22)24/h1,3-4,6-7,9-10H,2,5,8,11-12H2,(H2,22,24). The van der Waals surface area contributed by atoms with Crippen molar-refractivity contribution >= 4 is 35.1 Å². The van der Waals surface area contributed by atoms with Crippen LogP contribution in [0.15, 0.2) is 42.5 Å². The van der Waals surface area contributed by atoms with Gasteiger partial charge in [0.15, 0.2) is 6.61 Å². The molecular weight excluding hydrogens is 384 g/mol. The SMILES string of the molecule is NC(=O)COc1cccc(COC(=O)c2ccc(Cl)cc2N2CCCC2=O)c1. The van der Waals surface area contributed by atoms with Crippen molar-refractivity contribution in [2.45, 2.75) is 19.4 Å². The van der Waals surface area contributed by atoms with Crippen LogP contribution in [0.25, 0.3) is 0 Å². The van der Waals surface area contributed by atoms with Crippen LogP contribution in [0.4, 0.5) is 5.69 Å². The molecule has 0 aliphatic carbocycles. The number of primary amides is 1. The molecule has 2 N–H and O–H groups in total. The van der Waals surface area contributed by atoms with E-state index in [4.69, 9.17) is 26.8 Å². The Morgan fingerprint density at radius 2 is 2.00 bits per heavy atom. The highest BCUT2D eigenvalue weighted by atomic mass is 35.5. The molecule has 0 spiro atoms. The van der Waals surface area contributed by atoms with E-state index in [9.17, 15) is 14.4 Å². The van der Waals surface area contributed by atoms with Crippen molar-refractivity contribution in [1.82, 2.24) is 0 Å². The molecule has 1 fully saturated rings. The largest absolute Gasteiger partial charge is 0.484 e. The van der Waals surface area contributed by atoms with Gasteiger partial charge >= 0.3 is 5.97 Å². The van der Waals surface area contributed by atoms with Crippen LogP contribution in [0, 0.1) is 0 Å². The Bertz CT molecular complexity index is 915. The third-order valence-electron chi connectivity index (χ3n) is 4.19. The van der Waals surface area contributed by atoms with E-state index in [1.807, 2.05) is 0 Å². The molecule has 146 valence electrons. The summed E-state index contributed by atoms with van der Waals surface area (Å²) in [6.07, 6.45) is 1.18. The van der Waals surface area contributed by atoms with Gasteiger partial charge in [-0.15, -0.1) is 0 Å². The van der Waals surface area contributed by atoms with Crippen molar-refractivity contribution in [3.63, 3.8) is 0 Å². The molecule has 0 bridgehead atoms. The van der Waals surface area contributed by atoms with E-state index in [-0.39, 0.29) is 24.7 Å². The van der Waals surface area contributed by atoms with Gasteiger partial charge in [0.2, 0.25) is 5.91 Å². The Balaban J connectivity index is 1.71. The molecule has 2 amide bonds. The van der Waals surface area contributed by atoms with E-state index >= 15 is 0 Å². The van der Waals surface area contributed by atoms with Crippen LogP contribution >= 0.6 is 11.6 Å². The number of nitrogens with two attached hydrogens (primary N) is 1. The minimum atomic E-state index is -0.580. The minimum absolute atomic E-state index is 0.00260. The molecule has 8 heteroatoms. The number of nitrogens with zero attached hydrogens (tertiary/aromatic N) is 1. The second kappa shape index (κ2) is 8.75. The van der Waals surface area contributed by atoms with E-state index in [0.717, 1.165) is 6.42 Å². The maximum Gasteiger partial charge on any atom is 0.340 e. The lowest BCUT2D eigenvalue weighted by Gasteiger charge is -2.19. The van der Waals surface area contributed by atoms with Gasteiger partial charge in [0.25, 0.3) is 5.91 Å². The van der Waals surface area contributed by atoms with E-state index in [1.54, 1.807) is 47.4 Å². The van der Waals surface area contributed by atoms with Gasteiger partial charge in [-0.25, -0.2) is 4.79 Å². The predicted molar refractivity (Wildman–Crippen MR) is 103 cm³/mol. The summed E-state index contributed by atoms with van der Waals surface area (Å²) in [5.74, 6) is -0.740. The van der Waals surface area contributed by atoms with E-state index < -0.39 is 11.9 Å². The summed E-state index contributed by atoms with van der Waals surface area (Å²) in [5.41, 5.74) is 6.48. The number of hydrogen-bond acceptors (Lipinski definition) is 5. The smallest absolute Gasteiger partial charge is 0.340 e. The van der Waals surface area contributed by atoms with E-state index in [2.05, 4.69) is 0 Å². The summed E-state index contributed by atoms with van der Waals surface area (Å²) in [7, 11) is 0. The summed E-state index contributed by atoms with van der Waals surface area (Å²) in [5, 5.41) is 0.436. The second-order valence-electron chi connectivity index (χ2n) is 6.29. The fraction of sp³-hybridized carbons (Fsp3) is 0.250. The zero-order valence-electron chi connectivity index (χ0n) is 15.0. The number of carbonyl (C=O) groups excluding carboxylic acids is 3. The molecule has 1 aliphatic rings. The van der Waals surface area contributed by atoms with Crippen molar-refractivity contribution in [2.24, 2.45) is 5.73 Å². The first kappa shape index (κ1) is 19.7. The number of esters is 1. The molecule has 1 aliphatic heterocycles. The lowest BCUT2D eigenvalue weighted by atomic mass is 10.1. The quantitative estimate of drug-likeness (QED) is 0.718. The van der Waals surface area contributed by atoms with Gasteiger partial charge in [0.1, 0.15) is 12.4 Å². The Hall–Kier alpha value is -3.06. The van der Waals surface area contributed by atoms with Gasteiger partial charge in [-0.05, 0) is 42.3 Å². The molecule has 0 aromatic heterocycles. The van der Waals surface area contributed by atoms with Gasteiger partial charge < -0.3 is 20.1 Å². The summed E-state index contributed by atoms with van der Waals surface area (Å²) in [4.78, 5) is 37.1. The normalized spacial score (nSPS) is 13.5. The Morgan fingerprint density at radius 3 is 2.71 bits per heavy atom. The second-order valence-corrected chi connectivity index (χ2v) is 6.73. The highest BCUT2D eigenvalue weighted by Gasteiger charge is 2.26. The summed E-state index contributed by atoms with van der Waals surface area (Å²) in [6.45, 7) is 0.308. The maximum absolute atomic E-state index is 12.6. The van der Waals surface area contributed by atoms with Gasteiger partial charge in [0, 0.05) is 18.0 Å². The van der Waals surface area contributed by atoms with Gasteiger partial charge in [-0.2, -0.15) is 0 Å². The zero-order chi connectivity index (χ0) is 20.1. The summed E-state index contributed by atoms with van der Waals surface area (Å²) in [6, 6.07) is 11.5. The van der Waals surface area contributed by atoms with E-state index in [1.165, 1.54) is 0 Å². The number of rotatable bonds is 7. The summed E-state index contributed by atoms with van der Waals surface area (Å²) >= 11 is 6.05. The number of anilines is 1. The van der Waals surface area contributed by atoms with Crippen LogP contribution < -0.4 is 15.4 Å². The average Bonchev–Trinajstić information content (AvgIpc) is 3.10. The Morgan fingerprint density at radius 1 is 1.18 bits per heavy atom. The molecule has 0 saturated carbocycles. The van der Waals surface area contributed by atoms with Crippen molar-refractivity contribution in [1.29, 1.82) is 0 Å². The molecular formula is C20H19ClN2O5. The van der Waals surface area contributed by atoms with Crippen LogP contribution in [0.1, 0.15) is 28.8 Å². The highest BCUT2D eigenvalue weighted by Crippen LogP contribution is 2.29. The zero-order valence-corrected chi connectivity index (χ0v) is 15.8. The number of amides is 2. The number of hydrogen-bond donors (Lipinski definition) is 1. The monoisotopic (exact) mass is 402 g/mol. The molecule has 1 heterocycles. The van der Waals surface area contributed by atoms with E-state index in [0.29, 0.717) is 35.0 Å². The molecule has 0 radical (unpaired) electrons. The van der Waals surface area contributed by atoms with Crippen LogP contribution in [-0.4, -0.2) is 30.9 Å². The van der Waals surface area contributed by atoms with Crippen molar-refractivity contribution in [2.75, 3.05) is 18.1 Å². The molecule has 3 rings (SSSR count). The van der Waals surface area contributed by atoms with Crippen LogP contribution in [0.2, 0.25) is 5.02 Å². The van der Waals surface area contributed by atoms with Crippen molar-refractivity contribution < 1.29 is 23.9 Å². The topological polar surface area (TPSA) is 98.9 Å². The Labute approximate surface area is 167 Å². The maximum atomic E-state index is 12.6. The van der Waals surface area contributed by atoms with Crippen molar-refractivity contribution in [3.8, 4) is 5.75 Å². The first-order valence-electron chi connectivity index (χ1n) is 8.71. The first-order valence-corrected chi connectivity index (χ1v) is 9.09. The van der Waals surface area contributed by atoms with Crippen LogP contribution in [0.5, 0.6) is 5.75 Å². The number of benzene rings is 2. The fourth-order valence-corrected chi connectivity index (χ4v) is 3.08. The fourth-order valence-electron chi connectivity index (χ4n) is 2.91. The molecule has 1 saturated heterocycles. The van der Waals surface area contributed by atoms with Crippen molar-refractivity contribution in [3.05, 3.63) is 58.6 Å². The minimum Gasteiger partial charge on any atom is -0.484 e. The average molecular weight is 403 g/mol. The number of carbonyl (C=O) groups is 3. The molecule has 7 nitrogen and oxygen atoms in total. The molecule has 28 heavy (non-hydrogen) atoms. The van der Waals surface area contributed by atoms with Gasteiger partial charge in [-0.1, -0.05) is 23.7 Å². The molecule has 2 aromatic carbocycles. The molecule has 0 atom stereocenters. The third-order valence-corrected chi connectivity index (χ3v) is 4.43. The van der Waals surface area contributed by atoms with Crippen LogP contribution in [-0.2, 0) is 20.9 Å². The lowest BCUT2D eigenvalue weighted by molar-refractivity contribution is -0.120. The molecule has 0 unspecified atom stereocenters. The first-order chi connectivity index (χ1) is 13.4. The Kier molecular flexibility index (Phi) is 6.16. The highest BCUT2D eigenvalue weighted by molar-refractivity contribution is 6.31. The lowest BCUT2D eigenvalue weighted by Crippen LogP contribution is -2.26. The predicted octanol–water partition coefficient (Wildman–Crippen LogP) is 2.69. The number of ether oxygens (including phenoxy) is 2. The van der Waals surface area contributed by atoms with Gasteiger partial charge in [-0.3, -0.25) is 9.59 Å². The molecule has 2 aromatic rings. The number of halogens is 1.